The number of benzene rings is 1. The third-order valence-electron chi connectivity index (χ3n) is 3.26. The predicted molar refractivity (Wildman–Crippen MR) is 95.0 cm³/mol. The van der Waals surface area contributed by atoms with Crippen molar-refractivity contribution in [1.82, 2.24) is 14.5 Å². The third kappa shape index (κ3) is 3.45. The van der Waals surface area contributed by atoms with Gasteiger partial charge in [0.15, 0.2) is 5.82 Å². The van der Waals surface area contributed by atoms with E-state index in [-0.39, 0.29) is 12.5 Å². The average molecular weight is 439 g/mol. The van der Waals surface area contributed by atoms with E-state index in [1.165, 1.54) is 0 Å². The fraction of sp³-hybridized carbons (Fsp3) is 0.188. The lowest BCUT2D eigenvalue weighted by Crippen LogP contribution is -2.14. The van der Waals surface area contributed by atoms with Gasteiger partial charge in [-0.15, -0.1) is 0 Å². The molecule has 118 valence electrons. The molecule has 0 atom stereocenters. The molecule has 2 heterocycles. The molecule has 2 aromatic heterocycles. The Morgan fingerprint density at radius 1 is 1.22 bits per heavy atom. The summed E-state index contributed by atoms with van der Waals surface area (Å²) in [7, 11) is 0. The number of carbonyl (C=O) groups excluding carboxylic acids is 1. The lowest BCUT2D eigenvalue weighted by atomic mass is 10.3. The highest BCUT2D eigenvalue weighted by molar-refractivity contribution is 9.10. The van der Waals surface area contributed by atoms with Crippen molar-refractivity contribution >= 4 is 48.9 Å². The lowest BCUT2D eigenvalue weighted by molar-refractivity contribution is -0.143. The normalized spacial score (nSPS) is 10.9. The Labute approximate surface area is 149 Å². The first-order chi connectivity index (χ1) is 11.1. The molecule has 0 saturated carbocycles. The second-order valence-corrected chi connectivity index (χ2v) is 6.65. The number of pyridine rings is 1. The summed E-state index contributed by atoms with van der Waals surface area (Å²) in [6.45, 7) is 2.23. The number of halogens is 2. The number of hydrogen-bond donors (Lipinski definition) is 0. The zero-order valence-electron chi connectivity index (χ0n) is 12.3. The van der Waals surface area contributed by atoms with Crippen LogP contribution in [0.2, 0.25) is 0 Å². The van der Waals surface area contributed by atoms with E-state index in [1.54, 1.807) is 13.1 Å². The fourth-order valence-electron chi connectivity index (χ4n) is 2.30. The number of fused-ring (bicyclic) bond motifs is 1. The van der Waals surface area contributed by atoms with Crippen LogP contribution in [0.3, 0.4) is 0 Å². The van der Waals surface area contributed by atoms with E-state index < -0.39 is 0 Å². The zero-order chi connectivity index (χ0) is 16.4. The van der Waals surface area contributed by atoms with E-state index in [4.69, 9.17) is 4.74 Å². The molecule has 3 rings (SSSR count). The predicted octanol–water partition coefficient (Wildman–Crippen LogP) is 4.19. The molecule has 0 bridgehead atoms. The Hall–Kier alpha value is -1.73. The summed E-state index contributed by atoms with van der Waals surface area (Å²) in [5, 5.41) is 0. The largest absolute Gasteiger partial charge is 0.465 e. The van der Waals surface area contributed by atoms with E-state index >= 15 is 0 Å². The van der Waals surface area contributed by atoms with Gasteiger partial charge in [0.2, 0.25) is 0 Å². The van der Waals surface area contributed by atoms with Gasteiger partial charge in [-0.3, -0.25) is 9.78 Å². The minimum absolute atomic E-state index is 0.0911. The highest BCUT2D eigenvalue weighted by atomic mass is 79.9. The summed E-state index contributed by atoms with van der Waals surface area (Å²) in [5.41, 5.74) is 2.36. The molecule has 0 fully saturated rings. The number of carbonyl (C=O) groups is 1. The first-order valence-electron chi connectivity index (χ1n) is 7.02. The molecule has 23 heavy (non-hydrogen) atoms. The molecular weight excluding hydrogens is 426 g/mol. The number of nitrogens with zero attached hydrogens (tertiary/aromatic N) is 3. The standard InChI is InChI=1S/C16H13Br2N3O2/c1-2-23-15(22)9-21-14-7-10(17)3-5-12(14)20-16(21)13-6-4-11(18)8-19-13/h3-8H,2,9H2,1H3. The van der Waals surface area contributed by atoms with Gasteiger partial charge >= 0.3 is 5.97 Å². The van der Waals surface area contributed by atoms with Crippen LogP contribution in [0.15, 0.2) is 45.5 Å². The van der Waals surface area contributed by atoms with Crippen molar-refractivity contribution < 1.29 is 9.53 Å². The van der Waals surface area contributed by atoms with Crippen LogP contribution in [0.4, 0.5) is 0 Å². The summed E-state index contributed by atoms with van der Waals surface area (Å²) in [6.07, 6.45) is 1.71. The van der Waals surface area contributed by atoms with Crippen LogP contribution in [0.5, 0.6) is 0 Å². The van der Waals surface area contributed by atoms with Crippen molar-refractivity contribution in [2.24, 2.45) is 0 Å². The van der Waals surface area contributed by atoms with Gasteiger partial charge in [0, 0.05) is 15.1 Å². The van der Waals surface area contributed by atoms with Crippen LogP contribution in [-0.2, 0) is 16.1 Å². The maximum atomic E-state index is 12.0. The van der Waals surface area contributed by atoms with Crippen molar-refractivity contribution in [3.05, 3.63) is 45.5 Å². The first-order valence-corrected chi connectivity index (χ1v) is 8.60. The Morgan fingerprint density at radius 2 is 2.00 bits per heavy atom. The average Bonchev–Trinajstić information content (AvgIpc) is 2.86. The number of imidazole rings is 1. The van der Waals surface area contributed by atoms with E-state index in [0.29, 0.717) is 18.1 Å². The van der Waals surface area contributed by atoms with Gasteiger partial charge in [-0.25, -0.2) is 4.98 Å². The number of ether oxygens (including phenoxy) is 1. The summed E-state index contributed by atoms with van der Waals surface area (Å²) < 4.78 is 8.71. The Balaban J connectivity index is 2.15. The smallest absolute Gasteiger partial charge is 0.326 e. The molecule has 0 unspecified atom stereocenters. The van der Waals surface area contributed by atoms with E-state index in [9.17, 15) is 4.79 Å². The molecule has 0 saturated heterocycles. The molecule has 0 amide bonds. The van der Waals surface area contributed by atoms with Gasteiger partial charge in [0.05, 0.1) is 17.6 Å². The Bertz CT molecular complexity index is 860. The molecule has 0 N–H and O–H groups in total. The summed E-state index contributed by atoms with van der Waals surface area (Å²) in [5.74, 6) is 0.337. The molecule has 3 aromatic rings. The minimum Gasteiger partial charge on any atom is -0.465 e. The third-order valence-corrected chi connectivity index (χ3v) is 4.22. The SMILES string of the molecule is CCOC(=O)Cn1c(-c2ccc(Br)cn2)nc2ccc(Br)cc21. The Kier molecular flexibility index (Phi) is 4.77. The second kappa shape index (κ2) is 6.80. The topological polar surface area (TPSA) is 57.0 Å². The lowest BCUT2D eigenvalue weighted by Gasteiger charge is -2.08. The summed E-state index contributed by atoms with van der Waals surface area (Å²) in [6, 6.07) is 9.52. The van der Waals surface area contributed by atoms with Crippen LogP contribution in [0.1, 0.15) is 6.92 Å². The van der Waals surface area contributed by atoms with Gasteiger partial charge in [0.1, 0.15) is 12.2 Å². The van der Waals surface area contributed by atoms with Gasteiger partial charge in [-0.05, 0) is 53.2 Å². The number of hydrogen-bond acceptors (Lipinski definition) is 4. The Morgan fingerprint density at radius 3 is 2.70 bits per heavy atom. The highest BCUT2D eigenvalue weighted by Crippen LogP contribution is 2.26. The molecule has 0 aliphatic rings. The molecule has 7 heteroatoms. The van der Waals surface area contributed by atoms with E-state index in [0.717, 1.165) is 20.0 Å². The van der Waals surface area contributed by atoms with Crippen LogP contribution in [0, 0.1) is 0 Å². The van der Waals surface area contributed by atoms with Gasteiger partial charge in [-0.1, -0.05) is 15.9 Å². The van der Waals surface area contributed by atoms with Crippen LogP contribution < -0.4 is 0 Å². The van der Waals surface area contributed by atoms with Crippen molar-refractivity contribution in [1.29, 1.82) is 0 Å². The highest BCUT2D eigenvalue weighted by Gasteiger charge is 2.17. The molecular formula is C16H13Br2N3O2. The van der Waals surface area contributed by atoms with Crippen molar-refractivity contribution in [2.45, 2.75) is 13.5 Å². The van der Waals surface area contributed by atoms with E-state index in [1.807, 2.05) is 34.9 Å². The molecule has 0 spiro atoms. The maximum Gasteiger partial charge on any atom is 0.326 e. The van der Waals surface area contributed by atoms with Crippen LogP contribution in [0.25, 0.3) is 22.6 Å². The summed E-state index contributed by atoms with van der Waals surface area (Å²) >= 11 is 6.83. The molecule has 0 aliphatic heterocycles. The monoisotopic (exact) mass is 437 g/mol. The number of aromatic nitrogens is 3. The maximum absolute atomic E-state index is 12.0. The van der Waals surface area contributed by atoms with Crippen molar-refractivity contribution in [3.8, 4) is 11.5 Å². The van der Waals surface area contributed by atoms with Crippen molar-refractivity contribution in [2.75, 3.05) is 6.61 Å². The quantitative estimate of drug-likeness (QED) is 0.573. The molecule has 1 aromatic carbocycles. The second-order valence-electron chi connectivity index (χ2n) is 4.82. The number of rotatable bonds is 4. The van der Waals surface area contributed by atoms with Gasteiger partial charge < -0.3 is 9.30 Å². The molecule has 0 radical (unpaired) electrons. The van der Waals surface area contributed by atoms with Crippen LogP contribution >= 0.6 is 31.9 Å². The van der Waals surface area contributed by atoms with Crippen molar-refractivity contribution in [3.63, 3.8) is 0 Å². The van der Waals surface area contributed by atoms with Crippen LogP contribution in [-0.4, -0.2) is 27.1 Å². The fourth-order valence-corrected chi connectivity index (χ4v) is 2.88. The van der Waals surface area contributed by atoms with E-state index in [2.05, 4.69) is 41.8 Å². The summed E-state index contributed by atoms with van der Waals surface area (Å²) in [4.78, 5) is 21.0. The molecule has 5 nitrogen and oxygen atoms in total. The van der Waals surface area contributed by atoms with Gasteiger partial charge in [0.25, 0.3) is 0 Å². The zero-order valence-corrected chi connectivity index (χ0v) is 15.5. The first kappa shape index (κ1) is 16.1. The molecule has 0 aliphatic carbocycles. The van der Waals surface area contributed by atoms with Gasteiger partial charge in [-0.2, -0.15) is 0 Å². The number of esters is 1. The minimum atomic E-state index is -0.301.